The molecule has 1 aromatic carbocycles. The molecule has 0 aliphatic heterocycles. The van der Waals surface area contributed by atoms with Crippen LogP contribution in [0.4, 0.5) is 0 Å². The van der Waals surface area contributed by atoms with Gasteiger partial charge in [0, 0.05) is 5.39 Å². The third-order valence-corrected chi connectivity index (χ3v) is 3.28. The van der Waals surface area contributed by atoms with Crippen molar-refractivity contribution in [2.75, 3.05) is 6.61 Å². The number of para-hydroxylation sites is 1. The molecule has 104 valence electrons. The topological polar surface area (TPSA) is 94.6 Å². The summed E-state index contributed by atoms with van der Waals surface area (Å²) in [5.41, 5.74) is 0.599. The molecule has 0 saturated carbocycles. The Morgan fingerprint density at radius 3 is 2.84 bits per heavy atom. The van der Waals surface area contributed by atoms with Crippen molar-refractivity contribution in [1.82, 2.24) is 4.72 Å². The maximum absolute atomic E-state index is 11.0. The molecule has 0 amide bonds. The number of nitrogens with one attached hydrogen (secondary N) is 1. The van der Waals surface area contributed by atoms with E-state index in [1.165, 1.54) is 0 Å². The Morgan fingerprint density at radius 1 is 1.47 bits per heavy atom. The van der Waals surface area contributed by atoms with E-state index >= 15 is 0 Å². The van der Waals surface area contributed by atoms with Gasteiger partial charge in [0.05, 0.1) is 12.6 Å². The van der Waals surface area contributed by atoms with Gasteiger partial charge in [-0.2, -0.15) is 13.1 Å². The molecule has 1 heterocycles. The first kappa shape index (κ1) is 13.9. The molecule has 3 N–H and O–H groups in total. The van der Waals surface area contributed by atoms with Crippen molar-refractivity contribution in [1.29, 1.82) is 0 Å². The SMILES string of the molecule is CCOc1cccc2cc([C@H](C)NS(N)(=O)=O)oc12. The Morgan fingerprint density at radius 2 is 2.21 bits per heavy atom. The van der Waals surface area contributed by atoms with Gasteiger partial charge in [-0.3, -0.25) is 0 Å². The molecule has 6 nitrogen and oxygen atoms in total. The lowest BCUT2D eigenvalue weighted by molar-refractivity contribution is 0.336. The maximum Gasteiger partial charge on any atom is 0.275 e. The Hall–Kier alpha value is -1.57. The van der Waals surface area contributed by atoms with Gasteiger partial charge in [-0.25, -0.2) is 5.14 Å². The van der Waals surface area contributed by atoms with Crippen LogP contribution in [-0.2, 0) is 10.2 Å². The number of fused-ring (bicyclic) bond motifs is 1. The van der Waals surface area contributed by atoms with Crippen molar-refractivity contribution in [3.63, 3.8) is 0 Å². The van der Waals surface area contributed by atoms with Crippen LogP contribution in [0.2, 0.25) is 0 Å². The van der Waals surface area contributed by atoms with E-state index in [1.807, 2.05) is 19.1 Å². The van der Waals surface area contributed by atoms with E-state index < -0.39 is 16.3 Å². The van der Waals surface area contributed by atoms with Crippen LogP contribution in [0.15, 0.2) is 28.7 Å². The highest BCUT2D eigenvalue weighted by Gasteiger charge is 2.17. The predicted octanol–water partition coefficient (Wildman–Crippen LogP) is 1.69. The number of furan rings is 1. The first-order valence-corrected chi connectivity index (χ1v) is 7.40. The molecule has 0 bridgehead atoms. The highest BCUT2D eigenvalue weighted by atomic mass is 32.2. The zero-order valence-electron chi connectivity index (χ0n) is 10.7. The number of hydrogen-bond acceptors (Lipinski definition) is 4. The zero-order valence-corrected chi connectivity index (χ0v) is 11.5. The van der Waals surface area contributed by atoms with E-state index in [2.05, 4.69) is 4.72 Å². The molecule has 1 atom stereocenters. The molecular weight excluding hydrogens is 268 g/mol. The molecule has 0 radical (unpaired) electrons. The second-order valence-corrected chi connectivity index (χ2v) is 5.47. The van der Waals surface area contributed by atoms with Gasteiger partial charge >= 0.3 is 0 Å². The van der Waals surface area contributed by atoms with Crippen molar-refractivity contribution in [2.45, 2.75) is 19.9 Å². The van der Waals surface area contributed by atoms with Crippen LogP contribution in [0.3, 0.4) is 0 Å². The minimum absolute atomic E-state index is 0.483. The van der Waals surface area contributed by atoms with Gasteiger partial charge in [-0.15, -0.1) is 0 Å². The Kier molecular flexibility index (Phi) is 3.79. The average Bonchev–Trinajstić information content (AvgIpc) is 2.72. The fraction of sp³-hybridized carbons (Fsp3) is 0.333. The lowest BCUT2D eigenvalue weighted by Gasteiger charge is -2.08. The van der Waals surface area contributed by atoms with Crippen molar-refractivity contribution in [3.8, 4) is 5.75 Å². The van der Waals surface area contributed by atoms with Crippen molar-refractivity contribution < 1.29 is 17.6 Å². The Bertz CT molecular complexity index is 678. The number of nitrogens with two attached hydrogens (primary N) is 1. The normalized spacial score (nSPS) is 13.6. The summed E-state index contributed by atoms with van der Waals surface area (Å²) < 4.78 is 35.4. The van der Waals surface area contributed by atoms with Gasteiger partial charge in [-0.1, -0.05) is 12.1 Å². The fourth-order valence-corrected chi connectivity index (χ4v) is 2.45. The summed E-state index contributed by atoms with van der Waals surface area (Å²) in [6.45, 7) is 4.07. The van der Waals surface area contributed by atoms with Gasteiger partial charge in [0.15, 0.2) is 11.3 Å². The van der Waals surface area contributed by atoms with Crippen LogP contribution in [0, 0.1) is 0 Å². The summed E-state index contributed by atoms with van der Waals surface area (Å²) in [7, 11) is -3.77. The first-order valence-electron chi connectivity index (χ1n) is 5.86. The highest BCUT2D eigenvalue weighted by molar-refractivity contribution is 7.87. The monoisotopic (exact) mass is 284 g/mol. The summed E-state index contributed by atoms with van der Waals surface area (Å²) in [5, 5.41) is 5.79. The molecule has 2 rings (SSSR count). The quantitative estimate of drug-likeness (QED) is 0.873. The summed E-state index contributed by atoms with van der Waals surface area (Å²) in [6, 6.07) is 6.74. The van der Waals surface area contributed by atoms with Crippen LogP contribution in [-0.4, -0.2) is 15.0 Å². The van der Waals surface area contributed by atoms with Gasteiger partial charge in [0.25, 0.3) is 10.2 Å². The maximum atomic E-state index is 11.0. The van der Waals surface area contributed by atoms with E-state index in [-0.39, 0.29) is 0 Å². The van der Waals surface area contributed by atoms with E-state index in [9.17, 15) is 8.42 Å². The van der Waals surface area contributed by atoms with E-state index in [4.69, 9.17) is 14.3 Å². The molecule has 0 unspecified atom stereocenters. The van der Waals surface area contributed by atoms with Gasteiger partial charge in [0.1, 0.15) is 5.76 Å². The van der Waals surface area contributed by atoms with Crippen LogP contribution >= 0.6 is 0 Å². The van der Waals surface area contributed by atoms with Crippen molar-refractivity contribution >= 4 is 21.2 Å². The van der Waals surface area contributed by atoms with Crippen molar-refractivity contribution in [3.05, 3.63) is 30.0 Å². The number of rotatable bonds is 5. The molecule has 1 aromatic heterocycles. The number of hydrogen-bond donors (Lipinski definition) is 2. The third-order valence-electron chi connectivity index (χ3n) is 2.59. The van der Waals surface area contributed by atoms with Gasteiger partial charge in [-0.05, 0) is 26.0 Å². The lowest BCUT2D eigenvalue weighted by Crippen LogP contribution is -2.32. The van der Waals surface area contributed by atoms with E-state index in [0.717, 1.165) is 5.39 Å². The fourth-order valence-electron chi connectivity index (χ4n) is 1.84. The predicted molar refractivity (Wildman–Crippen MR) is 72.0 cm³/mol. The summed E-state index contributed by atoms with van der Waals surface area (Å²) in [4.78, 5) is 0. The summed E-state index contributed by atoms with van der Waals surface area (Å²) >= 11 is 0. The van der Waals surface area contributed by atoms with E-state index in [0.29, 0.717) is 23.7 Å². The minimum atomic E-state index is -3.77. The Balaban J connectivity index is 2.38. The van der Waals surface area contributed by atoms with Crippen molar-refractivity contribution in [2.24, 2.45) is 5.14 Å². The summed E-state index contributed by atoms with van der Waals surface area (Å²) in [6.07, 6.45) is 0. The molecule has 2 aromatic rings. The second-order valence-electron chi connectivity index (χ2n) is 4.14. The van der Waals surface area contributed by atoms with Gasteiger partial charge in [0.2, 0.25) is 0 Å². The Labute approximate surface area is 111 Å². The van der Waals surface area contributed by atoms with Crippen LogP contribution in [0.25, 0.3) is 11.0 Å². The number of ether oxygens (including phenoxy) is 1. The van der Waals surface area contributed by atoms with Crippen LogP contribution < -0.4 is 14.6 Å². The average molecular weight is 284 g/mol. The molecule has 19 heavy (non-hydrogen) atoms. The minimum Gasteiger partial charge on any atom is -0.490 e. The molecule has 0 aliphatic carbocycles. The standard InChI is InChI=1S/C12H16N2O4S/c1-3-17-10-6-4-5-9-7-11(18-12(9)10)8(2)14-19(13,15)16/h4-8,14H,3H2,1-2H3,(H2,13,15,16)/t8-/m0/s1. The molecule has 0 saturated heterocycles. The molecular formula is C12H16N2O4S. The first-order chi connectivity index (χ1) is 8.90. The highest BCUT2D eigenvalue weighted by Crippen LogP contribution is 2.31. The molecule has 0 fully saturated rings. The smallest absolute Gasteiger partial charge is 0.275 e. The van der Waals surface area contributed by atoms with Crippen LogP contribution in [0.1, 0.15) is 25.6 Å². The zero-order chi connectivity index (χ0) is 14.0. The number of benzene rings is 1. The molecule has 0 aliphatic rings. The van der Waals surface area contributed by atoms with Crippen LogP contribution in [0.5, 0.6) is 5.75 Å². The third kappa shape index (κ3) is 3.25. The molecule has 7 heteroatoms. The summed E-state index contributed by atoms with van der Waals surface area (Å²) in [5.74, 6) is 1.12. The van der Waals surface area contributed by atoms with Gasteiger partial charge < -0.3 is 9.15 Å². The second kappa shape index (κ2) is 5.20. The largest absolute Gasteiger partial charge is 0.490 e. The van der Waals surface area contributed by atoms with E-state index in [1.54, 1.807) is 19.1 Å². The molecule has 0 spiro atoms. The lowest BCUT2D eigenvalue weighted by atomic mass is 10.2.